The predicted octanol–water partition coefficient (Wildman–Crippen LogP) is 3.08. The van der Waals surface area contributed by atoms with Gasteiger partial charge in [-0.05, 0) is 67.5 Å². The number of oxime groups is 1. The van der Waals surface area contributed by atoms with Gasteiger partial charge in [-0.2, -0.15) is 0 Å². The zero-order valence-corrected chi connectivity index (χ0v) is 39.0. The number of aromatic nitrogens is 2. The zero-order valence-electron chi connectivity index (χ0n) is 39.0. The Hall–Kier alpha value is -4.28. The number of hydrazine groups is 1. The van der Waals surface area contributed by atoms with Gasteiger partial charge in [-0.15, -0.1) is 0 Å². The monoisotopic (exact) mass is 898 g/mol. The number of cyclic esters (lactones) is 1. The molecule has 3 aliphatic rings. The Bertz CT molecular complexity index is 1840. The summed E-state index contributed by atoms with van der Waals surface area (Å²) < 4.78 is 58.9. The number of hydrogen-bond acceptors (Lipinski definition) is 18. The highest BCUT2D eigenvalue weighted by atomic mass is 19.1. The molecule has 0 saturated carbocycles. The molecule has 3 aliphatic heterocycles. The number of carbonyl (C=O) groups excluding carboxylic acids is 5. The van der Waals surface area contributed by atoms with Crippen molar-refractivity contribution in [1.82, 2.24) is 24.9 Å². The lowest BCUT2D eigenvalue weighted by atomic mass is 9.73. The zero-order chi connectivity index (χ0) is 47.4. The lowest BCUT2D eigenvalue weighted by Gasteiger charge is -2.47. The largest absolute Gasteiger partial charge is 0.464 e. The van der Waals surface area contributed by atoms with Crippen molar-refractivity contribution >= 4 is 35.5 Å². The number of methoxy groups -OCH3 is 3. The van der Waals surface area contributed by atoms with E-state index in [4.69, 9.17) is 38.0 Å². The summed E-state index contributed by atoms with van der Waals surface area (Å²) in [4.78, 5) is 78.7. The van der Waals surface area contributed by atoms with Crippen LogP contribution in [-0.4, -0.2) is 169 Å². The summed E-state index contributed by atoms with van der Waals surface area (Å²) in [5.74, 6) is -6.96. The maximum Gasteiger partial charge on any atom is 0.425 e. The number of amides is 1. The van der Waals surface area contributed by atoms with Crippen LogP contribution in [-0.2, 0) is 54.1 Å². The van der Waals surface area contributed by atoms with Gasteiger partial charge in [-0.3, -0.25) is 4.79 Å². The number of aliphatic hydroxyl groups is 1. The van der Waals surface area contributed by atoms with Gasteiger partial charge in [0.2, 0.25) is 0 Å². The molecule has 21 heteroatoms. The standard InChI is InChI=1S/C42H67FN6O14/c1-15-27-42(8)32(49(39(55)63-42)45-17-16-18-48-21-44-29(35(52)56-11)30(48)36(53)57-12)24(4)28(46-59-14)22(2)20-40(6,58-13)34(25(5)33(51)41(7,43)38(54)61-27)62-37-31(50)26(47(9)10)19-23(3)60-37/h21-27,31-32,34,37,45,50H,15-20H2,1-14H3/b46-28+/t22-,23-,24+,25?,26+,27-,31?,32+,34-,37+,40-,41+,42-/m1/s1. The van der Waals surface area contributed by atoms with Crippen LogP contribution in [0.15, 0.2) is 11.5 Å². The number of ketones is 1. The minimum atomic E-state index is -3.23. The number of nitrogens with one attached hydrogen (secondary N) is 1. The Morgan fingerprint density at radius 1 is 1.05 bits per heavy atom. The molecule has 63 heavy (non-hydrogen) atoms. The Morgan fingerprint density at radius 3 is 2.27 bits per heavy atom. The number of imidazole rings is 1. The maximum absolute atomic E-state index is 17.0. The van der Waals surface area contributed by atoms with Crippen molar-refractivity contribution < 1.29 is 71.5 Å². The van der Waals surface area contributed by atoms with Crippen LogP contribution in [0.2, 0.25) is 0 Å². The number of halogens is 1. The Labute approximate surface area is 368 Å². The number of aliphatic hydroxyl groups excluding tert-OH is 1. The maximum atomic E-state index is 17.0. The summed E-state index contributed by atoms with van der Waals surface area (Å²) >= 11 is 0. The van der Waals surface area contributed by atoms with Crippen molar-refractivity contribution in [3.05, 3.63) is 17.7 Å². The second-order valence-corrected chi connectivity index (χ2v) is 17.4. The molecule has 4 rings (SSSR count). The quantitative estimate of drug-likeness (QED) is 0.0953. The molecular weight excluding hydrogens is 831 g/mol. The molecule has 356 valence electrons. The molecule has 1 amide bonds. The molecule has 0 radical (unpaired) electrons. The number of hydrogen-bond donors (Lipinski definition) is 2. The lowest BCUT2D eigenvalue weighted by molar-refractivity contribution is -0.295. The van der Waals surface area contributed by atoms with E-state index in [2.05, 4.69) is 15.6 Å². The summed E-state index contributed by atoms with van der Waals surface area (Å²) in [6, 6.07) is -1.39. The van der Waals surface area contributed by atoms with Gasteiger partial charge in [-0.25, -0.2) is 39.0 Å². The smallest absolute Gasteiger partial charge is 0.425 e. The fraction of sp³-hybridized carbons (Fsp3) is 0.786. The summed E-state index contributed by atoms with van der Waals surface area (Å²) in [6.07, 6.45) is -4.07. The highest BCUT2D eigenvalue weighted by molar-refractivity contribution is 6.08. The lowest BCUT2D eigenvalue weighted by Crippen LogP contribution is -2.62. The fourth-order valence-corrected chi connectivity index (χ4v) is 9.38. The average molecular weight is 899 g/mol. The van der Waals surface area contributed by atoms with Gasteiger partial charge in [0.05, 0.1) is 44.1 Å². The number of nitrogens with zero attached hydrogens (tertiary/aromatic N) is 5. The molecule has 0 spiro atoms. The molecular formula is C42H67FN6O14. The molecule has 2 N–H and O–H groups in total. The normalized spacial score (nSPS) is 36.4. The topological polar surface area (TPSA) is 228 Å². The van der Waals surface area contributed by atoms with E-state index >= 15 is 4.39 Å². The van der Waals surface area contributed by atoms with Crippen molar-refractivity contribution in [2.75, 3.05) is 49.1 Å². The SMILES string of the molecule is CC[C@H]1OC(=O)[C@@](C)(F)C(=O)C(C)[C@@H](O[C@@H]2O[C@H](C)C[C@H](N(C)C)C2O)[C@](C)(OC)C[C@@H](C)/C(=N\OC)[C@H](C)[C@@H]2N(NCCCn3cnc(C(=O)OC)c3C(=O)OC)C(=O)O[C@@]21C. The first-order valence-corrected chi connectivity index (χ1v) is 21.2. The number of ether oxygens (including phenoxy) is 7. The van der Waals surface area contributed by atoms with Crippen LogP contribution in [0.4, 0.5) is 9.18 Å². The van der Waals surface area contributed by atoms with Crippen molar-refractivity contribution in [1.29, 1.82) is 0 Å². The first kappa shape index (κ1) is 51.4. The van der Waals surface area contributed by atoms with Crippen molar-refractivity contribution in [2.24, 2.45) is 22.9 Å². The van der Waals surface area contributed by atoms with Crippen LogP contribution in [0.1, 0.15) is 102 Å². The van der Waals surface area contributed by atoms with Crippen LogP contribution >= 0.6 is 0 Å². The van der Waals surface area contributed by atoms with Gasteiger partial charge >= 0.3 is 24.0 Å². The number of aryl methyl sites for hydroxylation is 1. The van der Waals surface area contributed by atoms with Crippen molar-refractivity contribution in [3.8, 4) is 0 Å². The molecule has 13 atom stereocenters. The molecule has 0 bridgehead atoms. The molecule has 0 aromatic carbocycles. The third-order valence-corrected chi connectivity index (χ3v) is 12.8. The van der Waals surface area contributed by atoms with Crippen molar-refractivity contribution in [3.63, 3.8) is 0 Å². The van der Waals surface area contributed by atoms with Gasteiger partial charge in [0.1, 0.15) is 25.4 Å². The van der Waals surface area contributed by atoms with Crippen LogP contribution in [0.5, 0.6) is 0 Å². The average Bonchev–Trinajstić information content (AvgIpc) is 3.78. The number of carbonyl (C=O) groups is 5. The number of alkyl halides is 1. The number of rotatable bonds is 13. The number of likely N-dealkylation sites (N-methyl/N-ethyl adjacent to an activating group) is 1. The first-order valence-electron chi connectivity index (χ1n) is 21.2. The van der Waals surface area contributed by atoms with E-state index in [1.54, 1.807) is 27.7 Å². The number of Topliss-reactive ketones (excluding diaryl/α,β-unsaturated/α-hetero) is 1. The number of esters is 3. The number of fused-ring (bicyclic) bond motifs is 1. The van der Waals surface area contributed by atoms with Gasteiger partial charge in [0, 0.05) is 44.0 Å². The molecule has 3 fully saturated rings. The van der Waals surface area contributed by atoms with E-state index in [1.807, 2.05) is 32.8 Å². The molecule has 0 aliphatic carbocycles. The van der Waals surface area contributed by atoms with Gasteiger partial charge < -0.3 is 52.6 Å². The fourth-order valence-electron chi connectivity index (χ4n) is 9.38. The van der Waals surface area contributed by atoms with Crippen molar-refractivity contribution in [2.45, 2.75) is 147 Å². The van der Waals surface area contributed by atoms with E-state index in [-0.39, 0.29) is 55.9 Å². The third-order valence-electron chi connectivity index (χ3n) is 12.8. The molecule has 2 unspecified atom stereocenters. The molecule has 20 nitrogen and oxygen atoms in total. The van der Waals surface area contributed by atoms with Crippen LogP contribution < -0.4 is 5.43 Å². The second-order valence-electron chi connectivity index (χ2n) is 17.4. The van der Waals surface area contributed by atoms with E-state index in [0.29, 0.717) is 12.1 Å². The van der Waals surface area contributed by atoms with Gasteiger partial charge in [0.25, 0.3) is 5.67 Å². The predicted molar refractivity (Wildman–Crippen MR) is 222 cm³/mol. The molecule has 1 aromatic rings. The first-order chi connectivity index (χ1) is 29.5. The van der Waals surface area contributed by atoms with Gasteiger partial charge in [0.15, 0.2) is 29.1 Å². The Morgan fingerprint density at radius 2 is 1.70 bits per heavy atom. The van der Waals surface area contributed by atoms with E-state index in [9.17, 15) is 29.1 Å². The third kappa shape index (κ3) is 10.3. The van der Waals surface area contributed by atoms with Crippen LogP contribution in [0.25, 0.3) is 0 Å². The molecule has 1 aromatic heterocycles. The summed E-state index contributed by atoms with van der Waals surface area (Å²) in [5.41, 5.74) is -3.12. The molecule has 4 heterocycles. The molecule has 3 saturated heterocycles. The Kier molecular flexibility index (Phi) is 16.9. The van der Waals surface area contributed by atoms with E-state index in [1.165, 1.54) is 44.2 Å². The van der Waals surface area contributed by atoms with Gasteiger partial charge in [-0.1, -0.05) is 32.9 Å². The van der Waals surface area contributed by atoms with E-state index < -0.39 is 95.1 Å². The minimum Gasteiger partial charge on any atom is -0.464 e. The summed E-state index contributed by atoms with van der Waals surface area (Å²) in [6.45, 7) is 12.9. The second kappa shape index (κ2) is 20.7. The highest BCUT2D eigenvalue weighted by Crippen LogP contribution is 2.43. The summed E-state index contributed by atoms with van der Waals surface area (Å²) in [7, 11) is 8.75. The highest BCUT2D eigenvalue weighted by Gasteiger charge is 2.62. The summed E-state index contributed by atoms with van der Waals surface area (Å²) in [5, 5.41) is 17.2. The Balaban J connectivity index is 1.78. The minimum absolute atomic E-state index is 0.0355. The van der Waals surface area contributed by atoms with E-state index in [0.717, 1.165) is 14.0 Å². The van der Waals surface area contributed by atoms with Crippen LogP contribution in [0.3, 0.4) is 0 Å². The van der Waals surface area contributed by atoms with Crippen LogP contribution in [0, 0.1) is 17.8 Å².